The second-order valence-electron chi connectivity index (χ2n) is 7.71. The van der Waals surface area contributed by atoms with Crippen LogP contribution in [0.15, 0.2) is 70.0 Å². The monoisotopic (exact) mass is 548 g/mol. The van der Waals surface area contributed by atoms with Gasteiger partial charge in [-0.15, -0.1) is 0 Å². The molecule has 0 N–H and O–H groups in total. The summed E-state index contributed by atoms with van der Waals surface area (Å²) >= 11 is 9.48. The van der Waals surface area contributed by atoms with E-state index in [9.17, 15) is 13.2 Å². The zero-order chi connectivity index (χ0) is 23.8. The summed E-state index contributed by atoms with van der Waals surface area (Å²) in [5.74, 6) is -0.107. The number of methoxy groups -OCH3 is 1. The van der Waals surface area contributed by atoms with Crippen LogP contribution >= 0.6 is 27.5 Å². The van der Waals surface area contributed by atoms with E-state index in [4.69, 9.17) is 16.3 Å². The topological polar surface area (TPSA) is 66.9 Å². The largest absolute Gasteiger partial charge is 0.495 e. The van der Waals surface area contributed by atoms with Crippen LogP contribution in [0.5, 0.6) is 5.75 Å². The molecule has 0 unspecified atom stereocenters. The van der Waals surface area contributed by atoms with Gasteiger partial charge in [0, 0.05) is 21.7 Å². The van der Waals surface area contributed by atoms with Gasteiger partial charge in [-0.05, 0) is 79.1 Å². The molecule has 33 heavy (non-hydrogen) atoms. The number of hydrogen-bond acceptors (Lipinski definition) is 4. The number of amides is 1. The molecule has 3 aromatic rings. The number of rotatable bonds is 6. The Kier molecular flexibility index (Phi) is 6.70. The molecule has 9 heteroatoms. The van der Waals surface area contributed by atoms with Crippen LogP contribution in [0.3, 0.4) is 0 Å². The molecular formula is C24H22BrClN2O4S. The molecule has 1 heterocycles. The molecule has 0 bridgehead atoms. The Morgan fingerprint density at radius 2 is 1.85 bits per heavy atom. The molecule has 0 spiro atoms. The average molecular weight is 550 g/mol. The lowest BCUT2D eigenvalue weighted by Gasteiger charge is -2.27. The maximum Gasteiger partial charge on any atom is 0.268 e. The van der Waals surface area contributed by atoms with Crippen LogP contribution in [0.2, 0.25) is 5.02 Å². The number of sulfonamides is 1. The Hall–Kier alpha value is -2.55. The molecule has 3 aromatic carbocycles. The van der Waals surface area contributed by atoms with Crippen molar-refractivity contribution in [3.8, 4) is 5.75 Å². The van der Waals surface area contributed by atoms with Gasteiger partial charge in [-0.25, -0.2) is 8.42 Å². The number of carbonyl (C=O) groups excluding carboxylic acids is 1. The number of hydrogen-bond donors (Lipinski definition) is 0. The summed E-state index contributed by atoms with van der Waals surface area (Å²) in [5.41, 5.74) is 2.94. The third-order valence-electron chi connectivity index (χ3n) is 5.52. The maximum absolute atomic E-state index is 13.8. The molecule has 0 saturated carbocycles. The quantitative estimate of drug-likeness (QED) is 0.424. The zero-order valence-electron chi connectivity index (χ0n) is 18.1. The van der Waals surface area contributed by atoms with E-state index in [-0.39, 0.29) is 23.1 Å². The van der Waals surface area contributed by atoms with Crippen molar-refractivity contribution in [2.75, 3.05) is 29.4 Å². The Labute approximate surface area is 206 Å². The van der Waals surface area contributed by atoms with Gasteiger partial charge in [-0.2, -0.15) is 0 Å². The second-order valence-corrected chi connectivity index (χ2v) is 10.9. The van der Waals surface area contributed by atoms with Crippen molar-refractivity contribution >= 4 is 54.8 Å². The van der Waals surface area contributed by atoms with E-state index < -0.39 is 10.0 Å². The first-order chi connectivity index (χ1) is 15.7. The van der Waals surface area contributed by atoms with E-state index in [0.29, 0.717) is 23.7 Å². The number of benzene rings is 3. The number of halogens is 2. The van der Waals surface area contributed by atoms with Crippen LogP contribution < -0.4 is 13.9 Å². The van der Waals surface area contributed by atoms with Gasteiger partial charge >= 0.3 is 0 Å². The number of ether oxygens (including phenoxy) is 1. The molecule has 0 atom stereocenters. The van der Waals surface area contributed by atoms with Gasteiger partial charge in [0.05, 0.1) is 12.8 Å². The third-order valence-corrected chi connectivity index (χ3v) is 8.06. The van der Waals surface area contributed by atoms with Crippen LogP contribution in [0.1, 0.15) is 11.1 Å². The molecule has 172 valence electrons. The molecule has 0 saturated heterocycles. The van der Waals surface area contributed by atoms with E-state index in [1.165, 1.54) is 7.11 Å². The zero-order valence-corrected chi connectivity index (χ0v) is 21.2. The van der Waals surface area contributed by atoms with Gasteiger partial charge in [0.25, 0.3) is 10.0 Å². The lowest BCUT2D eigenvalue weighted by atomic mass is 10.2. The van der Waals surface area contributed by atoms with Crippen LogP contribution in [0.25, 0.3) is 0 Å². The Morgan fingerprint density at radius 1 is 1.12 bits per heavy atom. The van der Waals surface area contributed by atoms with Crippen LogP contribution in [0.4, 0.5) is 11.4 Å². The second kappa shape index (κ2) is 9.37. The Morgan fingerprint density at radius 3 is 2.55 bits per heavy atom. The van der Waals surface area contributed by atoms with Gasteiger partial charge in [0.2, 0.25) is 5.91 Å². The molecule has 0 fully saturated rings. The molecule has 0 aromatic heterocycles. The van der Waals surface area contributed by atoms with Gasteiger partial charge in [0.1, 0.15) is 17.2 Å². The lowest BCUT2D eigenvalue weighted by Crippen LogP contribution is -2.42. The Bertz CT molecular complexity index is 1310. The van der Waals surface area contributed by atoms with E-state index in [2.05, 4.69) is 15.9 Å². The summed E-state index contributed by atoms with van der Waals surface area (Å²) in [5, 5.41) is 0.467. The number of fused-ring (bicyclic) bond motifs is 1. The molecular weight excluding hydrogens is 528 g/mol. The maximum atomic E-state index is 13.8. The average Bonchev–Trinajstić information content (AvgIpc) is 3.21. The first kappa shape index (κ1) is 23.6. The first-order valence-corrected chi connectivity index (χ1v) is 12.8. The standard InChI is InChI=1S/C24H22BrClN2O4S/c1-16-3-10-22(32-2)23(13-16)33(30,31)28(20-7-5-19(26)6-8-20)15-24(29)27-12-11-17-14-18(25)4-9-21(17)27/h3-10,13-14H,11-12,15H2,1-2H3. The van der Waals surface area contributed by atoms with Crippen LogP contribution in [-0.4, -0.2) is 34.5 Å². The molecule has 1 aliphatic rings. The van der Waals surface area contributed by atoms with Gasteiger partial charge in [-0.1, -0.05) is 33.6 Å². The fourth-order valence-electron chi connectivity index (χ4n) is 3.86. The molecule has 0 radical (unpaired) electrons. The van der Waals surface area contributed by atoms with E-state index in [1.54, 1.807) is 54.3 Å². The van der Waals surface area contributed by atoms with Gasteiger partial charge in [0.15, 0.2) is 0 Å². The van der Waals surface area contributed by atoms with Crippen molar-refractivity contribution < 1.29 is 17.9 Å². The normalized spacial score (nSPS) is 13.0. The highest BCUT2D eigenvalue weighted by Gasteiger charge is 2.33. The van der Waals surface area contributed by atoms with Crippen molar-refractivity contribution in [2.24, 2.45) is 0 Å². The molecule has 1 amide bonds. The summed E-state index contributed by atoms with van der Waals surface area (Å²) in [6.45, 7) is 1.93. The lowest BCUT2D eigenvalue weighted by molar-refractivity contribution is -0.117. The third kappa shape index (κ3) is 4.74. The Balaban J connectivity index is 1.75. The van der Waals surface area contributed by atoms with Gasteiger partial charge < -0.3 is 9.64 Å². The van der Waals surface area contributed by atoms with Crippen molar-refractivity contribution in [2.45, 2.75) is 18.2 Å². The number of carbonyl (C=O) groups is 1. The molecule has 0 aliphatic carbocycles. The summed E-state index contributed by atoms with van der Waals surface area (Å²) in [6, 6.07) is 17.0. The van der Waals surface area contributed by atoms with E-state index in [1.807, 2.05) is 18.2 Å². The summed E-state index contributed by atoms with van der Waals surface area (Å²) in [7, 11) is -2.71. The summed E-state index contributed by atoms with van der Waals surface area (Å²) in [6.07, 6.45) is 0.708. The van der Waals surface area contributed by atoms with Crippen molar-refractivity contribution in [1.29, 1.82) is 0 Å². The first-order valence-electron chi connectivity index (χ1n) is 10.2. The van der Waals surface area contributed by atoms with Crippen molar-refractivity contribution in [1.82, 2.24) is 0 Å². The van der Waals surface area contributed by atoms with Crippen LogP contribution in [-0.2, 0) is 21.2 Å². The van der Waals surface area contributed by atoms with E-state index in [0.717, 1.165) is 25.6 Å². The molecule has 6 nitrogen and oxygen atoms in total. The molecule has 1 aliphatic heterocycles. The fourth-order valence-corrected chi connectivity index (χ4v) is 6.06. The number of anilines is 2. The molecule has 4 rings (SSSR count). The minimum absolute atomic E-state index is 0.00139. The van der Waals surface area contributed by atoms with Gasteiger partial charge in [-0.3, -0.25) is 9.10 Å². The highest BCUT2D eigenvalue weighted by Crippen LogP contribution is 2.34. The number of nitrogens with zero attached hydrogens (tertiary/aromatic N) is 2. The van der Waals surface area contributed by atoms with E-state index >= 15 is 0 Å². The predicted molar refractivity (Wildman–Crippen MR) is 134 cm³/mol. The minimum Gasteiger partial charge on any atom is -0.495 e. The highest BCUT2D eigenvalue weighted by molar-refractivity contribution is 9.10. The SMILES string of the molecule is COc1ccc(C)cc1S(=O)(=O)N(CC(=O)N1CCc2cc(Br)ccc21)c1ccc(Cl)cc1. The summed E-state index contributed by atoms with van der Waals surface area (Å²) < 4.78 is 35.0. The minimum atomic E-state index is -4.13. The van der Waals surface area contributed by atoms with Crippen LogP contribution in [0, 0.1) is 6.92 Å². The smallest absolute Gasteiger partial charge is 0.268 e. The number of aryl methyl sites for hydroxylation is 1. The fraction of sp³-hybridized carbons (Fsp3) is 0.208. The predicted octanol–water partition coefficient (Wildman–Crippen LogP) is 5.20. The van der Waals surface area contributed by atoms with Crippen molar-refractivity contribution in [3.05, 3.63) is 81.3 Å². The highest BCUT2D eigenvalue weighted by atomic mass is 79.9. The summed E-state index contributed by atoms with van der Waals surface area (Å²) in [4.78, 5) is 15.0. The van der Waals surface area contributed by atoms with Crippen molar-refractivity contribution in [3.63, 3.8) is 0 Å².